The first-order valence-electron chi connectivity index (χ1n) is 7.76. The number of hydrogen-bond donors (Lipinski definition) is 1. The summed E-state index contributed by atoms with van der Waals surface area (Å²) in [7, 11) is 0. The minimum atomic E-state index is 0.0162. The molecule has 3 rings (SSSR count). The summed E-state index contributed by atoms with van der Waals surface area (Å²) >= 11 is 0. The number of rotatable bonds is 5. The summed E-state index contributed by atoms with van der Waals surface area (Å²) in [6.07, 6.45) is 6.92. The maximum atomic E-state index is 5.60. The average molecular weight is 286 g/mol. The van der Waals surface area contributed by atoms with E-state index in [1.165, 1.54) is 0 Å². The van der Waals surface area contributed by atoms with Gasteiger partial charge in [-0.1, -0.05) is 24.6 Å². The van der Waals surface area contributed by atoms with Crippen molar-refractivity contribution in [3.05, 3.63) is 41.8 Å². The van der Waals surface area contributed by atoms with E-state index in [0.717, 1.165) is 56.2 Å². The van der Waals surface area contributed by atoms with Gasteiger partial charge in [0, 0.05) is 18.4 Å². The van der Waals surface area contributed by atoms with Gasteiger partial charge in [-0.3, -0.25) is 4.98 Å². The van der Waals surface area contributed by atoms with Gasteiger partial charge >= 0.3 is 0 Å². The Morgan fingerprint density at radius 1 is 1.38 bits per heavy atom. The number of hydrogen-bond acceptors (Lipinski definition) is 5. The highest BCUT2D eigenvalue weighted by Crippen LogP contribution is 2.34. The summed E-state index contributed by atoms with van der Waals surface area (Å²) in [6.45, 7) is 4.23. The topological polar surface area (TPSA) is 63.8 Å². The van der Waals surface area contributed by atoms with E-state index in [1.54, 1.807) is 6.20 Å². The van der Waals surface area contributed by atoms with Gasteiger partial charge in [0.15, 0.2) is 5.82 Å². The van der Waals surface area contributed by atoms with Gasteiger partial charge in [-0.05, 0) is 37.9 Å². The Morgan fingerprint density at radius 3 is 3.05 bits per heavy atom. The van der Waals surface area contributed by atoms with Crippen molar-refractivity contribution in [2.24, 2.45) is 0 Å². The quantitative estimate of drug-likeness (QED) is 0.914. The summed E-state index contributed by atoms with van der Waals surface area (Å²) < 4.78 is 5.60. The predicted molar refractivity (Wildman–Crippen MR) is 80.0 cm³/mol. The first-order valence-corrected chi connectivity index (χ1v) is 7.76. The number of piperidine rings is 1. The van der Waals surface area contributed by atoms with Gasteiger partial charge in [0.2, 0.25) is 5.89 Å². The van der Waals surface area contributed by atoms with Gasteiger partial charge in [0.1, 0.15) is 0 Å². The molecule has 0 saturated carbocycles. The van der Waals surface area contributed by atoms with Crippen molar-refractivity contribution in [2.45, 2.75) is 44.4 Å². The van der Waals surface area contributed by atoms with Crippen molar-refractivity contribution in [1.82, 2.24) is 20.4 Å². The van der Waals surface area contributed by atoms with Crippen LogP contribution in [0.4, 0.5) is 0 Å². The molecule has 1 N–H and O–H groups in total. The van der Waals surface area contributed by atoms with Crippen LogP contribution in [0.1, 0.15) is 50.0 Å². The molecule has 0 aliphatic carbocycles. The molecule has 5 heteroatoms. The normalized spacial score (nSPS) is 22.3. The number of nitrogens with zero attached hydrogens (tertiary/aromatic N) is 3. The Morgan fingerprint density at radius 2 is 2.33 bits per heavy atom. The van der Waals surface area contributed by atoms with Crippen LogP contribution in [0.3, 0.4) is 0 Å². The summed E-state index contributed by atoms with van der Waals surface area (Å²) in [5.74, 6) is 1.52. The summed E-state index contributed by atoms with van der Waals surface area (Å²) in [6, 6.07) is 5.88. The van der Waals surface area contributed by atoms with Crippen molar-refractivity contribution >= 4 is 0 Å². The summed E-state index contributed by atoms with van der Waals surface area (Å²) in [4.78, 5) is 8.98. The molecular formula is C16H22N4O. The zero-order valence-corrected chi connectivity index (χ0v) is 12.5. The molecule has 0 aromatic carbocycles. The van der Waals surface area contributed by atoms with E-state index in [2.05, 4.69) is 27.4 Å². The lowest BCUT2D eigenvalue weighted by Gasteiger charge is -2.34. The molecule has 1 atom stereocenters. The maximum absolute atomic E-state index is 5.60. The summed E-state index contributed by atoms with van der Waals surface area (Å²) in [5.41, 5.74) is 0.985. The minimum absolute atomic E-state index is 0.0162. The molecular weight excluding hydrogens is 264 g/mol. The molecule has 1 unspecified atom stereocenters. The lowest BCUT2D eigenvalue weighted by atomic mass is 9.77. The zero-order chi connectivity index (χ0) is 14.5. The molecule has 0 amide bonds. The highest BCUT2D eigenvalue weighted by molar-refractivity contribution is 5.12. The van der Waals surface area contributed by atoms with Gasteiger partial charge in [0.25, 0.3) is 0 Å². The molecule has 21 heavy (non-hydrogen) atoms. The largest absolute Gasteiger partial charge is 0.339 e. The van der Waals surface area contributed by atoms with Gasteiger partial charge in [-0.25, -0.2) is 0 Å². The number of aromatic nitrogens is 3. The summed E-state index contributed by atoms with van der Waals surface area (Å²) in [5, 5.41) is 7.64. The molecule has 1 aliphatic heterocycles. The second-order valence-electron chi connectivity index (χ2n) is 5.82. The fraction of sp³-hybridized carbons (Fsp3) is 0.562. The van der Waals surface area contributed by atoms with Crippen molar-refractivity contribution in [1.29, 1.82) is 0 Å². The van der Waals surface area contributed by atoms with Crippen LogP contribution in [0.25, 0.3) is 0 Å². The Hall–Kier alpha value is -1.75. The Labute approximate surface area is 125 Å². The van der Waals surface area contributed by atoms with Crippen molar-refractivity contribution in [3.8, 4) is 0 Å². The SMILES string of the molecule is CCCC1(c2nc(Cc3ccccn3)no2)CCCNC1. The average Bonchev–Trinajstić information content (AvgIpc) is 2.99. The molecule has 2 aromatic rings. The van der Waals surface area contributed by atoms with Crippen LogP contribution >= 0.6 is 0 Å². The first kappa shape index (κ1) is 14.2. The molecule has 2 aromatic heterocycles. The van der Waals surface area contributed by atoms with E-state index in [9.17, 15) is 0 Å². The zero-order valence-electron chi connectivity index (χ0n) is 12.5. The second-order valence-corrected chi connectivity index (χ2v) is 5.82. The van der Waals surface area contributed by atoms with E-state index < -0.39 is 0 Å². The minimum Gasteiger partial charge on any atom is -0.339 e. The maximum Gasteiger partial charge on any atom is 0.234 e. The lowest BCUT2D eigenvalue weighted by Crippen LogP contribution is -2.43. The van der Waals surface area contributed by atoms with Crippen molar-refractivity contribution in [2.75, 3.05) is 13.1 Å². The van der Waals surface area contributed by atoms with Crippen LogP contribution < -0.4 is 5.32 Å². The van der Waals surface area contributed by atoms with Crippen LogP contribution in [0.5, 0.6) is 0 Å². The van der Waals surface area contributed by atoms with Crippen LogP contribution in [-0.4, -0.2) is 28.2 Å². The van der Waals surface area contributed by atoms with Gasteiger partial charge < -0.3 is 9.84 Å². The van der Waals surface area contributed by atoms with Crippen LogP contribution in [0.15, 0.2) is 28.9 Å². The van der Waals surface area contributed by atoms with Crippen molar-refractivity contribution < 1.29 is 4.52 Å². The number of pyridine rings is 1. The molecule has 0 radical (unpaired) electrons. The Kier molecular flexibility index (Phi) is 4.29. The first-order chi connectivity index (χ1) is 10.3. The molecule has 3 heterocycles. The lowest BCUT2D eigenvalue weighted by molar-refractivity contribution is 0.213. The molecule has 1 aliphatic rings. The standard InChI is InChI=1S/C16H22N4O/c1-2-7-16(8-5-9-17-12-16)15-19-14(20-21-15)11-13-6-3-4-10-18-13/h3-4,6,10,17H,2,5,7-9,11-12H2,1H3. The van der Waals surface area contributed by atoms with E-state index in [4.69, 9.17) is 4.52 Å². The monoisotopic (exact) mass is 286 g/mol. The third kappa shape index (κ3) is 3.13. The molecule has 1 fully saturated rings. The highest BCUT2D eigenvalue weighted by atomic mass is 16.5. The fourth-order valence-corrected chi connectivity index (χ4v) is 3.16. The van der Waals surface area contributed by atoms with E-state index in [-0.39, 0.29) is 5.41 Å². The van der Waals surface area contributed by atoms with Gasteiger partial charge in [-0.15, -0.1) is 0 Å². The Bertz CT molecular complexity index is 555. The van der Waals surface area contributed by atoms with Gasteiger partial charge in [-0.2, -0.15) is 4.98 Å². The van der Waals surface area contributed by atoms with Crippen LogP contribution in [-0.2, 0) is 11.8 Å². The van der Waals surface area contributed by atoms with Crippen LogP contribution in [0, 0.1) is 0 Å². The molecule has 112 valence electrons. The van der Waals surface area contributed by atoms with E-state index >= 15 is 0 Å². The van der Waals surface area contributed by atoms with Crippen molar-refractivity contribution in [3.63, 3.8) is 0 Å². The van der Waals surface area contributed by atoms with Crippen LogP contribution in [0.2, 0.25) is 0 Å². The third-order valence-electron chi connectivity index (χ3n) is 4.19. The molecule has 0 spiro atoms. The molecule has 5 nitrogen and oxygen atoms in total. The predicted octanol–water partition coefficient (Wildman–Crippen LogP) is 2.48. The molecule has 1 saturated heterocycles. The molecule has 0 bridgehead atoms. The Balaban J connectivity index is 1.79. The van der Waals surface area contributed by atoms with Gasteiger partial charge in [0.05, 0.1) is 11.8 Å². The third-order valence-corrected chi connectivity index (χ3v) is 4.19. The van der Waals surface area contributed by atoms with E-state index in [0.29, 0.717) is 6.42 Å². The smallest absolute Gasteiger partial charge is 0.234 e. The number of nitrogens with one attached hydrogen (secondary N) is 1. The highest BCUT2D eigenvalue weighted by Gasteiger charge is 2.38. The second kappa shape index (κ2) is 6.35. The van der Waals surface area contributed by atoms with E-state index in [1.807, 2.05) is 18.2 Å². The fourth-order valence-electron chi connectivity index (χ4n) is 3.16.